The zero-order valence-electron chi connectivity index (χ0n) is 17.9. The second-order valence-electron chi connectivity index (χ2n) is 7.24. The summed E-state index contributed by atoms with van der Waals surface area (Å²) in [6.45, 7) is 8.14. The molecule has 1 aliphatic heterocycles. The fourth-order valence-electron chi connectivity index (χ4n) is 3.20. The number of hydrogen-bond donors (Lipinski definition) is 2. The Morgan fingerprint density at radius 2 is 2.10 bits per heavy atom. The average Bonchev–Trinajstić information content (AvgIpc) is 3.16. The Bertz CT molecular complexity index is 783. The fourth-order valence-corrected chi connectivity index (χ4v) is 4.12. The average molecular weight is 427 g/mol. The number of nitrogens with zero attached hydrogens (tertiary/aromatic N) is 2. The van der Waals surface area contributed by atoms with Crippen LogP contribution in [0.25, 0.3) is 0 Å². The van der Waals surface area contributed by atoms with Gasteiger partial charge < -0.3 is 20.1 Å². The van der Waals surface area contributed by atoms with Crippen LogP contribution >= 0.6 is 0 Å². The molecule has 1 aliphatic rings. The Kier molecular flexibility index (Phi) is 9.19. The van der Waals surface area contributed by atoms with Crippen molar-refractivity contribution in [1.82, 2.24) is 14.9 Å². The second-order valence-corrected chi connectivity index (χ2v) is 9.22. The largest absolute Gasteiger partial charge is 0.491 e. The van der Waals surface area contributed by atoms with Crippen molar-refractivity contribution in [1.29, 1.82) is 0 Å². The van der Waals surface area contributed by atoms with E-state index in [1.807, 2.05) is 26.0 Å². The third-order valence-electron chi connectivity index (χ3n) is 4.86. The first-order chi connectivity index (χ1) is 13.8. The number of hydrogen-bond acceptors (Lipinski definition) is 5. The Labute approximate surface area is 174 Å². The van der Waals surface area contributed by atoms with Crippen LogP contribution in [-0.4, -0.2) is 71.4 Å². The number of sulfonamides is 1. The summed E-state index contributed by atoms with van der Waals surface area (Å²) in [5, 5.41) is 6.61. The highest BCUT2D eigenvalue weighted by atomic mass is 32.2. The van der Waals surface area contributed by atoms with Crippen molar-refractivity contribution in [3.8, 4) is 5.75 Å². The highest BCUT2D eigenvalue weighted by Gasteiger charge is 2.28. The molecule has 2 N–H and O–H groups in total. The van der Waals surface area contributed by atoms with Crippen molar-refractivity contribution in [2.45, 2.75) is 26.8 Å². The minimum atomic E-state index is -3.11. The predicted molar refractivity (Wildman–Crippen MR) is 116 cm³/mol. The Morgan fingerprint density at radius 3 is 2.76 bits per heavy atom. The van der Waals surface area contributed by atoms with Crippen LogP contribution in [0.2, 0.25) is 0 Å². The van der Waals surface area contributed by atoms with Gasteiger partial charge in [0.05, 0.1) is 12.9 Å². The monoisotopic (exact) mass is 426 g/mol. The van der Waals surface area contributed by atoms with Gasteiger partial charge in [-0.2, -0.15) is 0 Å². The van der Waals surface area contributed by atoms with Gasteiger partial charge in [0.1, 0.15) is 12.4 Å². The molecule has 1 aromatic rings. The van der Waals surface area contributed by atoms with Gasteiger partial charge >= 0.3 is 0 Å². The Morgan fingerprint density at radius 1 is 1.31 bits per heavy atom. The van der Waals surface area contributed by atoms with E-state index in [9.17, 15) is 8.42 Å². The fraction of sp³-hybridized carbons (Fsp3) is 0.650. The Balaban J connectivity index is 1.84. The van der Waals surface area contributed by atoms with Gasteiger partial charge in [0.2, 0.25) is 10.0 Å². The molecule has 1 saturated heterocycles. The van der Waals surface area contributed by atoms with Crippen LogP contribution in [0.1, 0.15) is 24.5 Å². The van der Waals surface area contributed by atoms with Crippen LogP contribution in [0.4, 0.5) is 0 Å². The lowest BCUT2D eigenvalue weighted by Gasteiger charge is -2.17. The van der Waals surface area contributed by atoms with Crippen molar-refractivity contribution in [3.05, 3.63) is 29.3 Å². The predicted octanol–water partition coefficient (Wildman–Crippen LogP) is 1.36. The van der Waals surface area contributed by atoms with Crippen molar-refractivity contribution < 1.29 is 17.9 Å². The zero-order valence-corrected chi connectivity index (χ0v) is 18.7. The number of aliphatic imine (C=N–C) groups is 1. The van der Waals surface area contributed by atoms with Gasteiger partial charge in [-0.3, -0.25) is 4.99 Å². The first-order valence-corrected chi connectivity index (χ1v) is 11.9. The quantitative estimate of drug-likeness (QED) is 0.333. The van der Waals surface area contributed by atoms with Gasteiger partial charge in [-0.1, -0.05) is 12.1 Å². The second kappa shape index (κ2) is 11.4. The first-order valence-electron chi connectivity index (χ1n) is 10.0. The van der Waals surface area contributed by atoms with E-state index < -0.39 is 10.0 Å². The van der Waals surface area contributed by atoms with Crippen molar-refractivity contribution in [2.75, 3.05) is 52.8 Å². The van der Waals surface area contributed by atoms with Gasteiger partial charge in [0, 0.05) is 45.4 Å². The molecular weight excluding hydrogens is 392 g/mol. The van der Waals surface area contributed by atoms with Gasteiger partial charge in [-0.05, 0) is 37.8 Å². The van der Waals surface area contributed by atoms with Crippen LogP contribution in [0.5, 0.6) is 5.75 Å². The zero-order chi connectivity index (χ0) is 21.3. The number of ether oxygens (including phenoxy) is 2. The molecule has 0 bridgehead atoms. The van der Waals surface area contributed by atoms with Crippen LogP contribution in [0.3, 0.4) is 0 Å². The molecule has 1 aromatic carbocycles. The number of nitrogens with one attached hydrogen (secondary N) is 2. The summed E-state index contributed by atoms with van der Waals surface area (Å²) in [6.07, 6.45) is 2.12. The maximum atomic E-state index is 11.6. The van der Waals surface area contributed by atoms with Gasteiger partial charge in [-0.15, -0.1) is 0 Å². The van der Waals surface area contributed by atoms with E-state index in [1.54, 1.807) is 7.05 Å². The van der Waals surface area contributed by atoms with Crippen LogP contribution in [-0.2, 0) is 21.3 Å². The van der Waals surface area contributed by atoms with E-state index in [4.69, 9.17) is 9.47 Å². The summed E-state index contributed by atoms with van der Waals surface area (Å²) < 4.78 is 36.1. The lowest BCUT2D eigenvalue weighted by molar-refractivity contribution is 0.110. The van der Waals surface area contributed by atoms with Crippen LogP contribution in [0.15, 0.2) is 23.2 Å². The molecule has 1 fully saturated rings. The summed E-state index contributed by atoms with van der Waals surface area (Å²) in [5.74, 6) is 1.80. The Hall–Kier alpha value is -1.84. The molecule has 9 heteroatoms. The van der Waals surface area contributed by atoms with Crippen molar-refractivity contribution in [2.24, 2.45) is 10.9 Å². The molecule has 0 spiro atoms. The summed E-state index contributed by atoms with van der Waals surface area (Å²) in [5.41, 5.74) is 2.18. The molecule has 1 unspecified atom stereocenters. The summed E-state index contributed by atoms with van der Waals surface area (Å²) >= 11 is 0. The molecule has 1 heterocycles. The standard InChI is InChI=1S/C20H34N4O4S/c1-5-27-10-11-28-19-12-16(2)6-7-18(19)14-23-20(21-3)22-13-17-8-9-24(15-17)29(4,25)26/h6-7,12,17H,5,8-11,13-15H2,1-4H3,(H2,21,22,23). The molecule has 1 atom stereocenters. The molecule has 0 aliphatic carbocycles. The van der Waals surface area contributed by atoms with E-state index in [0.717, 1.165) is 23.3 Å². The van der Waals surface area contributed by atoms with Gasteiger partial charge in [0.15, 0.2) is 5.96 Å². The van der Waals surface area contributed by atoms with E-state index >= 15 is 0 Å². The molecule has 29 heavy (non-hydrogen) atoms. The molecule has 2 rings (SSSR count). The lowest BCUT2D eigenvalue weighted by Crippen LogP contribution is -2.40. The topological polar surface area (TPSA) is 92.3 Å². The summed E-state index contributed by atoms with van der Waals surface area (Å²) in [6, 6.07) is 6.13. The third-order valence-corrected chi connectivity index (χ3v) is 6.13. The van der Waals surface area contributed by atoms with E-state index in [1.165, 1.54) is 10.6 Å². The normalized spacial score (nSPS) is 18.1. The van der Waals surface area contributed by atoms with E-state index in [-0.39, 0.29) is 5.92 Å². The molecule has 0 saturated carbocycles. The molecule has 8 nitrogen and oxygen atoms in total. The highest BCUT2D eigenvalue weighted by molar-refractivity contribution is 7.88. The molecule has 0 radical (unpaired) electrons. The number of benzene rings is 1. The maximum absolute atomic E-state index is 11.6. The van der Waals surface area contributed by atoms with E-state index in [0.29, 0.717) is 52.0 Å². The number of guanidine groups is 1. The highest BCUT2D eigenvalue weighted by Crippen LogP contribution is 2.20. The maximum Gasteiger partial charge on any atom is 0.211 e. The van der Waals surface area contributed by atoms with Gasteiger partial charge in [0.25, 0.3) is 0 Å². The van der Waals surface area contributed by atoms with E-state index in [2.05, 4.69) is 21.7 Å². The van der Waals surface area contributed by atoms with Crippen LogP contribution < -0.4 is 15.4 Å². The SMILES string of the molecule is CCOCCOc1cc(C)ccc1CNC(=NC)NCC1CCN(S(C)(=O)=O)C1. The van der Waals surface area contributed by atoms with Gasteiger partial charge in [-0.25, -0.2) is 12.7 Å². The number of aryl methyl sites for hydroxylation is 1. The minimum absolute atomic E-state index is 0.278. The number of rotatable bonds is 10. The molecular formula is C20H34N4O4S. The molecule has 164 valence electrons. The van der Waals surface area contributed by atoms with Crippen molar-refractivity contribution >= 4 is 16.0 Å². The third kappa shape index (κ3) is 7.83. The first kappa shape index (κ1) is 23.4. The van der Waals surface area contributed by atoms with Crippen molar-refractivity contribution in [3.63, 3.8) is 0 Å². The molecule has 0 aromatic heterocycles. The minimum Gasteiger partial charge on any atom is -0.491 e. The summed E-state index contributed by atoms with van der Waals surface area (Å²) in [4.78, 5) is 4.27. The molecule has 0 amide bonds. The van der Waals surface area contributed by atoms with Crippen LogP contribution in [0, 0.1) is 12.8 Å². The lowest BCUT2D eigenvalue weighted by atomic mass is 10.1. The smallest absolute Gasteiger partial charge is 0.211 e. The summed E-state index contributed by atoms with van der Waals surface area (Å²) in [7, 11) is -1.39.